The number of aromatic hydroxyl groups is 1. The molecule has 0 saturated carbocycles. The second-order valence-corrected chi connectivity index (χ2v) is 6.16. The van der Waals surface area contributed by atoms with Crippen LogP contribution in [-0.2, 0) is 6.42 Å². The van der Waals surface area contributed by atoms with Crippen LogP contribution in [0.2, 0.25) is 0 Å². The number of nitrogens with zero attached hydrogens (tertiary/aromatic N) is 2. The van der Waals surface area contributed by atoms with Gasteiger partial charge in [-0.1, -0.05) is 37.6 Å². The standard InChI is InChI=1S/C17H24N2O/c1-11(2)9-15-16(14-8-6-7-13(5)10-14)19(12(3)4)18-17(15)20/h6-8,10-12H,9H2,1-5H3,(H,18,20). The number of hydrogen-bond donors (Lipinski definition) is 1. The van der Waals surface area contributed by atoms with Crippen molar-refractivity contribution in [1.29, 1.82) is 0 Å². The van der Waals surface area contributed by atoms with Gasteiger partial charge in [-0.2, -0.15) is 0 Å². The zero-order valence-electron chi connectivity index (χ0n) is 13.0. The van der Waals surface area contributed by atoms with Crippen molar-refractivity contribution in [1.82, 2.24) is 9.78 Å². The number of aryl methyl sites for hydroxylation is 1. The van der Waals surface area contributed by atoms with E-state index in [4.69, 9.17) is 0 Å². The molecule has 0 unspecified atom stereocenters. The Kier molecular flexibility index (Phi) is 4.17. The van der Waals surface area contributed by atoms with Crippen molar-refractivity contribution in [3.05, 3.63) is 35.4 Å². The Morgan fingerprint density at radius 3 is 2.45 bits per heavy atom. The van der Waals surface area contributed by atoms with Crippen molar-refractivity contribution < 1.29 is 5.11 Å². The molecule has 0 bridgehead atoms. The van der Waals surface area contributed by atoms with E-state index in [9.17, 15) is 5.11 Å². The van der Waals surface area contributed by atoms with E-state index in [1.54, 1.807) is 0 Å². The molecule has 0 spiro atoms. The van der Waals surface area contributed by atoms with Gasteiger partial charge in [0.15, 0.2) is 0 Å². The maximum absolute atomic E-state index is 10.2. The molecule has 2 rings (SSSR count). The Morgan fingerprint density at radius 1 is 1.20 bits per heavy atom. The lowest BCUT2D eigenvalue weighted by Crippen LogP contribution is -2.06. The van der Waals surface area contributed by atoms with Crippen LogP contribution in [0.4, 0.5) is 0 Å². The number of aromatic nitrogens is 2. The fourth-order valence-corrected chi connectivity index (χ4v) is 2.53. The average Bonchev–Trinajstić information content (AvgIpc) is 2.66. The third-order valence-corrected chi connectivity index (χ3v) is 3.38. The third kappa shape index (κ3) is 2.87. The fourth-order valence-electron chi connectivity index (χ4n) is 2.53. The Balaban J connectivity index is 2.64. The maximum Gasteiger partial charge on any atom is 0.234 e. The molecule has 0 radical (unpaired) electrons. The molecular weight excluding hydrogens is 248 g/mol. The van der Waals surface area contributed by atoms with Gasteiger partial charge in [-0.25, -0.2) is 0 Å². The van der Waals surface area contributed by atoms with Crippen molar-refractivity contribution >= 4 is 0 Å². The van der Waals surface area contributed by atoms with Gasteiger partial charge in [-0.15, -0.1) is 5.10 Å². The van der Waals surface area contributed by atoms with Gasteiger partial charge in [0.05, 0.1) is 5.69 Å². The van der Waals surface area contributed by atoms with E-state index < -0.39 is 0 Å². The number of benzene rings is 1. The summed E-state index contributed by atoms with van der Waals surface area (Å²) in [5, 5.41) is 14.6. The summed E-state index contributed by atoms with van der Waals surface area (Å²) in [6.45, 7) is 10.6. The molecule has 1 aromatic carbocycles. The van der Waals surface area contributed by atoms with Gasteiger partial charge in [0.1, 0.15) is 0 Å². The van der Waals surface area contributed by atoms with Crippen LogP contribution in [-0.4, -0.2) is 14.9 Å². The number of rotatable bonds is 4. The van der Waals surface area contributed by atoms with E-state index in [0.29, 0.717) is 5.92 Å². The van der Waals surface area contributed by atoms with E-state index in [2.05, 4.69) is 64.0 Å². The van der Waals surface area contributed by atoms with Crippen molar-refractivity contribution in [2.24, 2.45) is 5.92 Å². The molecule has 1 N–H and O–H groups in total. The Morgan fingerprint density at radius 2 is 1.90 bits per heavy atom. The molecule has 0 aliphatic carbocycles. The smallest absolute Gasteiger partial charge is 0.234 e. The van der Waals surface area contributed by atoms with E-state index in [-0.39, 0.29) is 11.9 Å². The average molecular weight is 272 g/mol. The zero-order valence-corrected chi connectivity index (χ0v) is 13.0. The minimum atomic E-state index is 0.170. The molecule has 0 fully saturated rings. The van der Waals surface area contributed by atoms with Crippen LogP contribution in [0.5, 0.6) is 5.88 Å². The van der Waals surface area contributed by atoms with E-state index in [0.717, 1.165) is 23.2 Å². The molecule has 0 aliphatic heterocycles. The summed E-state index contributed by atoms with van der Waals surface area (Å²) < 4.78 is 1.93. The summed E-state index contributed by atoms with van der Waals surface area (Å²) in [7, 11) is 0. The molecule has 2 aromatic rings. The highest BCUT2D eigenvalue weighted by Crippen LogP contribution is 2.34. The lowest BCUT2D eigenvalue weighted by Gasteiger charge is -2.14. The van der Waals surface area contributed by atoms with Gasteiger partial charge in [-0.05, 0) is 39.2 Å². The summed E-state index contributed by atoms with van der Waals surface area (Å²) in [5.41, 5.74) is 4.35. The molecule has 1 aromatic heterocycles. The third-order valence-electron chi connectivity index (χ3n) is 3.38. The van der Waals surface area contributed by atoms with Gasteiger partial charge >= 0.3 is 0 Å². The second-order valence-electron chi connectivity index (χ2n) is 6.16. The van der Waals surface area contributed by atoms with Gasteiger partial charge in [0, 0.05) is 17.2 Å². The van der Waals surface area contributed by atoms with Gasteiger partial charge in [-0.3, -0.25) is 4.68 Å². The molecule has 3 nitrogen and oxygen atoms in total. The van der Waals surface area contributed by atoms with Crippen LogP contribution >= 0.6 is 0 Å². The molecule has 0 saturated heterocycles. The summed E-state index contributed by atoms with van der Waals surface area (Å²) in [5.74, 6) is 0.651. The highest BCUT2D eigenvalue weighted by atomic mass is 16.3. The largest absolute Gasteiger partial charge is 0.492 e. The molecule has 0 atom stereocenters. The predicted molar refractivity (Wildman–Crippen MR) is 83.0 cm³/mol. The topological polar surface area (TPSA) is 38.1 Å². The van der Waals surface area contributed by atoms with Crippen molar-refractivity contribution in [2.75, 3.05) is 0 Å². The Labute approximate surface area is 121 Å². The SMILES string of the molecule is Cc1cccc(-c2c(CC(C)C)c(O)nn2C(C)C)c1. The first-order valence-corrected chi connectivity index (χ1v) is 7.27. The molecular formula is C17H24N2O. The summed E-state index contributed by atoms with van der Waals surface area (Å²) in [6, 6.07) is 8.60. The first kappa shape index (κ1) is 14.6. The van der Waals surface area contributed by atoms with Crippen LogP contribution < -0.4 is 0 Å². The lowest BCUT2D eigenvalue weighted by atomic mass is 9.98. The van der Waals surface area contributed by atoms with Crippen molar-refractivity contribution in [3.63, 3.8) is 0 Å². The van der Waals surface area contributed by atoms with Crippen LogP contribution in [0, 0.1) is 12.8 Å². The molecule has 0 amide bonds. The summed E-state index contributed by atoms with van der Waals surface area (Å²) >= 11 is 0. The number of hydrogen-bond acceptors (Lipinski definition) is 2. The first-order chi connectivity index (χ1) is 9.40. The molecule has 108 valence electrons. The summed E-state index contributed by atoms with van der Waals surface area (Å²) in [6.07, 6.45) is 0.835. The van der Waals surface area contributed by atoms with Crippen LogP contribution in [0.25, 0.3) is 11.3 Å². The molecule has 3 heteroatoms. The van der Waals surface area contributed by atoms with E-state index >= 15 is 0 Å². The van der Waals surface area contributed by atoms with Crippen molar-refractivity contribution in [2.45, 2.75) is 47.1 Å². The highest BCUT2D eigenvalue weighted by molar-refractivity contribution is 5.66. The minimum absolute atomic E-state index is 0.170. The summed E-state index contributed by atoms with van der Waals surface area (Å²) in [4.78, 5) is 0. The Hall–Kier alpha value is -1.77. The quantitative estimate of drug-likeness (QED) is 0.899. The van der Waals surface area contributed by atoms with Crippen LogP contribution in [0.15, 0.2) is 24.3 Å². The molecule has 20 heavy (non-hydrogen) atoms. The normalized spacial score (nSPS) is 11.6. The predicted octanol–water partition coefficient (Wildman–Crippen LogP) is 4.34. The fraction of sp³-hybridized carbons (Fsp3) is 0.471. The maximum atomic E-state index is 10.2. The highest BCUT2D eigenvalue weighted by Gasteiger charge is 2.21. The van der Waals surface area contributed by atoms with Crippen LogP contribution in [0.1, 0.15) is 44.9 Å². The van der Waals surface area contributed by atoms with E-state index in [1.165, 1.54) is 5.56 Å². The van der Waals surface area contributed by atoms with Gasteiger partial charge in [0.2, 0.25) is 5.88 Å². The zero-order chi connectivity index (χ0) is 14.9. The minimum Gasteiger partial charge on any atom is -0.492 e. The first-order valence-electron chi connectivity index (χ1n) is 7.27. The Bertz CT molecular complexity index is 597. The van der Waals surface area contributed by atoms with Gasteiger partial charge < -0.3 is 5.11 Å². The molecule has 0 aliphatic rings. The van der Waals surface area contributed by atoms with Crippen LogP contribution in [0.3, 0.4) is 0 Å². The van der Waals surface area contributed by atoms with Crippen molar-refractivity contribution in [3.8, 4) is 17.1 Å². The lowest BCUT2D eigenvalue weighted by molar-refractivity contribution is 0.421. The monoisotopic (exact) mass is 272 g/mol. The second kappa shape index (κ2) is 5.70. The van der Waals surface area contributed by atoms with Gasteiger partial charge in [0.25, 0.3) is 0 Å². The molecule has 1 heterocycles. The van der Waals surface area contributed by atoms with E-state index in [1.807, 2.05) is 4.68 Å².